The Morgan fingerprint density at radius 3 is 1.86 bits per heavy atom. The number of esters is 1. The number of rotatable bonds is 11. The van der Waals surface area contributed by atoms with Crippen LogP contribution in [-0.4, -0.2) is 45.5 Å². The van der Waals surface area contributed by atoms with Crippen molar-refractivity contribution in [3.8, 4) is 0 Å². The van der Waals surface area contributed by atoms with Crippen LogP contribution < -0.4 is 0 Å². The molecule has 0 saturated heterocycles. The van der Waals surface area contributed by atoms with Crippen LogP contribution in [0.5, 0.6) is 0 Å². The molecule has 21 heavy (non-hydrogen) atoms. The van der Waals surface area contributed by atoms with Crippen LogP contribution in [-0.2, 0) is 22.8 Å². The molecule has 7 heteroatoms. The first-order valence-corrected chi connectivity index (χ1v) is 10.1. The van der Waals surface area contributed by atoms with Crippen LogP contribution in [0.3, 0.4) is 0 Å². The fourth-order valence-corrected chi connectivity index (χ4v) is 4.73. The van der Waals surface area contributed by atoms with Gasteiger partial charge >= 0.3 is 14.8 Å². The Bertz CT molecular complexity index is 289. The summed E-state index contributed by atoms with van der Waals surface area (Å²) in [6.45, 7) is 13.3. The second-order valence-corrected chi connectivity index (χ2v) is 10.2. The van der Waals surface area contributed by atoms with E-state index in [1.165, 1.54) is 0 Å². The Kier molecular flexibility index (Phi) is 9.96. The summed E-state index contributed by atoms with van der Waals surface area (Å²) in [5.41, 5.74) is 0.0728. The first-order valence-electron chi connectivity index (χ1n) is 7.51. The molecule has 0 amide bonds. The van der Waals surface area contributed by atoms with Gasteiger partial charge in [0.15, 0.2) is 0 Å². The highest BCUT2D eigenvalue weighted by atomic mass is 79.9. The summed E-state index contributed by atoms with van der Waals surface area (Å²) < 4.78 is 22.1. The van der Waals surface area contributed by atoms with Gasteiger partial charge in [-0.3, -0.25) is 4.79 Å². The number of carbonyl (C=O) groups excluding carboxylic acids is 1. The van der Waals surface area contributed by atoms with Crippen LogP contribution in [0.2, 0.25) is 5.54 Å². The lowest BCUT2D eigenvalue weighted by molar-refractivity contribution is -0.145. The maximum absolute atomic E-state index is 11.7. The largest absolute Gasteiger partial charge is 0.504 e. The fourth-order valence-electron chi connectivity index (χ4n) is 1.83. The molecule has 1 atom stereocenters. The lowest BCUT2D eigenvalue weighted by atomic mass is 10.2. The smallest absolute Gasteiger partial charge is 0.465 e. The van der Waals surface area contributed by atoms with Crippen LogP contribution in [0.25, 0.3) is 0 Å². The average Bonchev–Trinajstić information content (AvgIpc) is 2.38. The van der Waals surface area contributed by atoms with E-state index >= 15 is 0 Å². The van der Waals surface area contributed by atoms with Crippen LogP contribution in [0, 0.1) is 0 Å². The van der Waals surface area contributed by atoms with Gasteiger partial charge in [-0.25, -0.2) is 0 Å². The zero-order valence-corrected chi connectivity index (χ0v) is 16.6. The van der Waals surface area contributed by atoms with Gasteiger partial charge in [-0.05, 0) is 41.0 Å². The molecule has 0 radical (unpaired) electrons. The summed E-state index contributed by atoms with van der Waals surface area (Å²) in [5, 5.41) is 0. The van der Waals surface area contributed by atoms with Crippen molar-refractivity contribution in [2.75, 3.05) is 26.4 Å². The van der Waals surface area contributed by atoms with E-state index < -0.39 is 13.1 Å². The minimum atomic E-state index is -2.72. The second kappa shape index (κ2) is 9.94. The highest BCUT2D eigenvalue weighted by molar-refractivity contribution is 9.10. The maximum Gasteiger partial charge on any atom is 0.504 e. The molecule has 0 saturated carbocycles. The molecule has 1 unspecified atom stereocenters. The molecule has 0 aromatic carbocycles. The van der Waals surface area contributed by atoms with Crippen molar-refractivity contribution in [3.05, 3.63) is 0 Å². The molecular weight excluding hydrogens is 356 g/mol. The Hall–Kier alpha value is 0.0469. The van der Waals surface area contributed by atoms with Gasteiger partial charge in [-0.2, -0.15) is 0 Å². The third-order valence-electron chi connectivity index (χ3n) is 2.91. The fraction of sp³-hybridized carbons (Fsp3) is 0.929. The number of hydrogen-bond acceptors (Lipinski definition) is 5. The number of hydrogen-bond donors (Lipinski definition) is 0. The molecule has 0 aliphatic rings. The van der Waals surface area contributed by atoms with Crippen molar-refractivity contribution < 1.29 is 22.8 Å². The van der Waals surface area contributed by atoms with Crippen molar-refractivity contribution in [2.24, 2.45) is 0 Å². The quantitative estimate of drug-likeness (QED) is 0.309. The number of carbonyl (C=O) groups is 1. The predicted molar refractivity (Wildman–Crippen MR) is 88.6 cm³/mol. The highest BCUT2D eigenvalue weighted by Gasteiger charge is 2.46. The van der Waals surface area contributed by atoms with Gasteiger partial charge < -0.3 is 18.0 Å². The Labute approximate surface area is 138 Å². The summed E-state index contributed by atoms with van der Waals surface area (Å²) in [6.07, 6.45) is 0.654. The van der Waals surface area contributed by atoms with Crippen molar-refractivity contribution in [1.29, 1.82) is 0 Å². The normalized spacial score (nSPS) is 14.0. The third-order valence-corrected chi connectivity index (χ3v) is 6.80. The molecule has 0 heterocycles. The Balaban J connectivity index is 4.59. The van der Waals surface area contributed by atoms with Gasteiger partial charge in [0.25, 0.3) is 0 Å². The Morgan fingerprint density at radius 2 is 1.52 bits per heavy atom. The summed E-state index contributed by atoms with van der Waals surface area (Å²) in [5.74, 6) is -0.272. The van der Waals surface area contributed by atoms with E-state index in [-0.39, 0.29) is 11.5 Å². The van der Waals surface area contributed by atoms with Crippen molar-refractivity contribution >= 4 is 30.7 Å². The van der Waals surface area contributed by atoms with Crippen LogP contribution in [0.1, 0.15) is 48.0 Å². The monoisotopic (exact) mass is 384 g/mol. The summed E-state index contributed by atoms with van der Waals surface area (Å²) in [4.78, 5) is 11.7. The topological polar surface area (TPSA) is 54.0 Å². The molecule has 0 aliphatic carbocycles. The van der Waals surface area contributed by atoms with E-state index in [1.807, 2.05) is 27.7 Å². The van der Waals surface area contributed by atoms with Gasteiger partial charge in [0.1, 0.15) is 4.32 Å². The van der Waals surface area contributed by atoms with E-state index in [0.717, 1.165) is 0 Å². The van der Waals surface area contributed by atoms with E-state index in [4.69, 9.17) is 18.0 Å². The number of halogens is 1. The molecule has 0 bridgehead atoms. The zero-order valence-electron chi connectivity index (χ0n) is 14.0. The van der Waals surface area contributed by atoms with Gasteiger partial charge in [0.05, 0.1) is 6.61 Å². The minimum absolute atomic E-state index is 0.0728. The predicted octanol–water partition coefficient (Wildman–Crippen LogP) is 3.53. The molecule has 126 valence electrons. The standard InChI is InChI=1S/C14H29BrO5Si/c1-7-18-21(19-8-2,20-9-3)12(4)10-11-17-13(16)14(5,6)15/h12H,7-11H2,1-6H3. The lowest BCUT2D eigenvalue weighted by Crippen LogP contribution is -2.50. The molecule has 0 N–H and O–H groups in total. The molecule has 0 aromatic rings. The molecule has 5 nitrogen and oxygen atoms in total. The Morgan fingerprint density at radius 1 is 1.10 bits per heavy atom. The first kappa shape index (κ1) is 21.0. The maximum atomic E-state index is 11.7. The first-order chi connectivity index (χ1) is 9.73. The molecule has 0 aliphatic heterocycles. The zero-order chi connectivity index (χ0) is 16.5. The van der Waals surface area contributed by atoms with Gasteiger partial charge in [0.2, 0.25) is 0 Å². The third kappa shape index (κ3) is 7.23. The average molecular weight is 385 g/mol. The molecule has 0 spiro atoms. The number of ether oxygens (including phenoxy) is 1. The van der Waals surface area contributed by atoms with Crippen molar-refractivity contribution in [1.82, 2.24) is 0 Å². The van der Waals surface area contributed by atoms with Crippen LogP contribution in [0.4, 0.5) is 0 Å². The van der Waals surface area contributed by atoms with E-state index in [1.54, 1.807) is 13.8 Å². The van der Waals surface area contributed by atoms with Gasteiger partial charge in [-0.15, -0.1) is 0 Å². The molecular formula is C14H29BrO5Si. The number of alkyl halides is 1. The highest BCUT2D eigenvalue weighted by Crippen LogP contribution is 2.29. The van der Waals surface area contributed by atoms with Gasteiger partial charge in [0, 0.05) is 25.4 Å². The van der Waals surface area contributed by atoms with E-state index in [0.29, 0.717) is 32.8 Å². The SMILES string of the molecule is CCO[Si](OCC)(OCC)C(C)CCOC(=O)C(C)(C)Br. The molecule has 0 fully saturated rings. The van der Waals surface area contributed by atoms with Crippen LogP contribution >= 0.6 is 15.9 Å². The summed E-state index contributed by atoms with van der Waals surface area (Å²) in [6, 6.07) is 0. The minimum Gasteiger partial charge on any atom is -0.465 e. The van der Waals surface area contributed by atoms with E-state index in [2.05, 4.69) is 15.9 Å². The van der Waals surface area contributed by atoms with Crippen molar-refractivity contribution in [3.63, 3.8) is 0 Å². The summed E-state index contributed by atoms with van der Waals surface area (Å²) >= 11 is 3.29. The summed E-state index contributed by atoms with van der Waals surface area (Å²) in [7, 11) is -2.72. The lowest BCUT2D eigenvalue weighted by Gasteiger charge is -2.33. The van der Waals surface area contributed by atoms with Gasteiger partial charge in [-0.1, -0.05) is 22.9 Å². The second-order valence-electron chi connectivity index (χ2n) is 5.20. The van der Waals surface area contributed by atoms with E-state index in [9.17, 15) is 4.79 Å². The molecule has 0 rings (SSSR count). The van der Waals surface area contributed by atoms with Crippen molar-refractivity contribution in [2.45, 2.75) is 57.8 Å². The van der Waals surface area contributed by atoms with Crippen LogP contribution in [0.15, 0.2) is 0 Å². The molecule has 0 aromatic heterocycles.